The minimum absolute atomic E-state index is 0.0628. The van der Waals surface area contributed by atoms with Gasteiger partial charge in [-0.25, -0.2) is 4.98 Å². The molecule has 0 bridgehead atoms. The van der Waals surface area contributed by atoms with Gasteiger partial charge in [-0.15, -0.1) is 0 Å². The van der Waals surface area contributed by atoms with E-state index in [2.05, 4.69) is 34.6 Å². The highest BCUT2D eigenvalue weighted by atomic mass is 16.5. The molecule has 38 heavy (non-hydrogen) atoms. The van der Waals surface area contributed by atoms with Crippen LogP contribution in [0.2, 0.25) is 0 Å². The monoisotopic (exact) mass is 513 g/mol. The molecule has 10 nitrogen and oxygen atoms in total. The van der Waals surface area contributed by atoms with Crippen LogP contribution in [0.3, 0.4) is 0 Å². The summed E-state index contributed by atoms with van der Waals surface area (Å²) in [5.41, 5.74) is 3.47. The van der Waals surface area contributed by atoms with Crippen molar-refractivity contribution in [2.75, 3.05) is 39.5 Å². The molecule has 0 spiro atoms. The molecule has 5 rings (SSSR count). The maximum Gasteiger partial charge on any atom is 0.269 e. The number of aromatic nitrogens is 3. The Kier molecular flexibility index (Phi) is 6.97. The van der Waals surface area contributed by atoms with Crippen molar-refractivity contribution in [2.24, 2.45) is 7.05 Å². The number of rotatable bonds is 7. The molecule has 1 saturated heterocycles. The van der Waals surface area contributed by atoms with Gasteiger partial charge >= 0.3 is 0 Å². The fraction of sp³-hybridized carbons (Fsp3) is 0.286. The van der Waals surface area contributed by atoms with E-state index in [1.807, 2.05) is 59.0 Å². The van der Waals surface area contributed by atoms with E-state index in [-0.39, 0.29) is 17.5 Å². The van der Waals surface area contributed by atoms with Crippen LogP contribution in [-0.4, -0.2) is 76.4 Å². The third kappa shape index (κ3) is 5.16. The molecule has 10 heteroatoms. The topological polar surface area (TPSA) is 105 Å². The molecule has 1 fully saturated rings. The quantitative estimate of drug-likeness (QED) is 0.389. The fourth-order valence-electron chi connectivity index (χ4n) is 4.57. The van der Waals surface area contributed by atoms with Gasteiger partial charge in [-0.05, 0) is 63.0 Å². The first kappa shape index (κ1) is 25.2. The zero-order valence-electron chi connectivity index (χ0n) is 21.9. The number of hydrogen-bond acceptors (Lipinski definition) is 7. The van der Waals surface area contributed by atoms with E-state index in [0.29, 0.717) is 29.1 Å². The van der Waals surface area contributed by atoms with Crippen LogP contribution in [-0.2, 0) is 7.05 Å². The number of amides is 2. The summed E-state index contributed by atoms with van der Waals surface area (Å²) < 4.78 is 7.92. The number of benzene rings is 2. The molecular weight excluding hydrogens is 482 g/mol. The normalized spacial score (nSPS) is 15.2. The average Bonchev–Trinajstić information content (AvgIpc) is 3.54. The number of ether oxygens (including phenoxy) is 1. The maximum atomic E-state index is 12.9. The molecule has 0 aliphatic carbocycles. The van der Waals surface area contributed by atoms with Gasteiger partial charge in [0.15, 0.2) is 0 Å². The Hall–Kier alpha value is -4.44. The van der Waals surface area contributed by atoms with Gasteiger partial charge in [0.05, 0.1) is 11.0 Å². The second kappa shape index (κ2) is 10.5. The van der Waals surface area contributed by atoms with Crippen LogP contribution < -0.4 is 15.4 Å². The summed E-state index contributed by atoms with van der Waals surface area (Å²) in [7, 11) is 7.60. The Morgan fingerprint density at radius 1 is 1.05 bits per heavy atom. The molecule has 1 aliphatic rings. The van der Waals surface area contributed by atoms with E-state index in [1.54, 1.807) is 19.2 Å². The van der Waals surface area contributed by atoms with Crippen LogP contribution in [0.15, 0.2) is 60.8 Å². The summed E-state index contributed by atoms with van der Waals surface area (Å²) in [4.78, 5) is 37.7. The lowest BCUT2D eigenvalue weighted by Crippen LogP contribution is -2.34. The molecule has 2 N–H and O–H groups in total. The van der Waals surface area contributed by atoms with Crippen molar-refractivity contribution in [2.45, 2.75) is 12.5 Å². The van der Waals surface area contributed by atoms with Crippen LogP contribution in [0.25, 0.3) is 11.0 Å². The molecule has 1 aliphatic heterocycles. The minimum atomic E-state index is -0.280. The zero-order chi connectivity index (χ0) is 26.8. The molecule has 0 saturated carbocycles. The zero-order valence-corrected chi connectivity index (χ0v) is 21.9. The summed E-state index contributed by atoms with van der Waals surface area (Å²) in [6, 6.07) is 16.8. The van der Waals surface area contributed by atoms with E-state index < -0.39 is 0 Å². The first-order valence-electron chi connectivity index (χ1n) is 12.5. The van der Waals surface area contributed by atoms with Gasteiger partial charge in [-0.3, -0.25) is 14.6 Å². The number of likely N-dealkylation sites (N-methyl/N-ethyl adjacent to an activating group) is 1. The number of nitrogens with one attached hydrogen (secondary N) is 2. The number of aryl methyl sites for hydroxylation is 1. The Labute approximate surface area is 221 Å². The van der Waals surface area contributed by atoms with Gasteiger partial charge in [0.1, 0.15) is 17.2 Å². The first-order valence-corrected chi connectivity index (χ1v) is 12.5. The van der Waals surface area contributed by atoms with E-state index in [0.717, 1.165) is 36.2 Å². The largest absolute Gasteiger partial charge is 0.457 e. The van der Waals surface area contributed by atoms with E-state index >= 15 is 0 Å². The van der Waals surface area contributed by atoms with E-state index in [4.69, 9.17) is 9.72 Å². The van der Waals surface area contributed by atoms with Gasteiger partial charge in [0.25, 0.3) is 11.8 Å². The Bertz CT molecular complexity index is 1480. The predicted molar refractivity (Wildman–Crippen MR) is 146 cm³/mol. The van der Waals surface area contributed by atoms with Gasteiger partial charge in [0.2, 0.25) is 5.95 Å². The van der Waals surface area contributed by atoms with Gasteiger partial charge < -0.3 is 29.7 Å². The van der Waals surface area contributed by atoms with Crippen LogP contribution in [0.5, 0.6) is 11.5 Å². The Morgan fingerprint density at radius 3 is 2.53 bits per heavy atom. The number of likely N-dealkylation sites (tertiary alicyclic amines) is 1. The Balaban J connectivity index is 1.28. The van der Waals surface area contributed by atoms with Gasteiger partial charge in [0, 0.05) is 62.8 Å². The van der Waals surface area contributed by atoms with E-state index in [1.165, 1.54) is 6.20 Å². The minimum Gasteiger partial charge on any atom is -0.457 e. The standard InChI is InChI=1S/C28H31N7O3/c1-29-26(36)24-16-22(11-13-30-24)38-21-9-10-25-23(15-21)32-28(34(25)4)31-19-7-5-18(6-8-19)27(37)35-14-12-20(17-35)33(2)3/h5-11,13,15-16,20H,12,14,17H2,1-4H3,(H,29,36)(H,31,32)/t20-/m0/s1. The lowest BCUT2D eigenvalue weighted by atomic mass is 10.2. The number of nitrogens with zero attached hydrogens (tertiary/aromatic N) is 5. The summed E-state index contributed by atoms with van der Waals surface area (Å²) >= 11 is 0. The third-order valence-electron chi connectivity index (χ3n) is 6.85. The second-order valence-electron chi connectivity index (χ2n) is 9.56. The molecule has 0 unspecified atom stereocenters. The first-order chi connectivity index (χ1) is 18.3. The number of hydrogen-bond donors (Lipinski definition) is 2. The smallest absolute Gasteiger partial charge is 0.269 e. The SMILES string of the molecule is CNC(=O)c1cc(Oc2ccc3c(c2)nc(Nc2ccc(C(=O)N4CC[C@H](N(C)C)C4)cc2)n3C)ccn1. The lowest BCUT2D eigenvalue weighted by Gasteiger charge is -2.20. The summed E-state index contributed by atoms with van der Waals surface area (Å²) in [5.74, 6) is 1.55. The number of anilines is 2. The summed E-state index contributed by atoms with van der Waals surface area (Å²) in [6.07, 6.45) is 2.53. The van der Waals surface area contributed by atoms with Crippen molar-refractivity contribution in [3.05, 3.63) is 72.1 Å². The molecule has 1 atom stereocenters. The Morgan fingerprint density at radius 2 is 1.82 bits per heavy atom. The van der Waals surface area contributed by atoms with Crippen molar-refractivity contribution < 1.29 is 14.3 Å². The van der Waals surface area contributed by atoms with Crippen molar-refractivity contribution in [3.8, 4) is 11.5 Å². The average molecular weight is 514 g/mol. The number of carbonyl (C=O) groups excluding carboxylic acids is 2. The van der Waals surface area contributed by atoms with Crippen LogP contribution in [0.1, 0.15) is 27.3 Å². The molecule has 196 valence electrons. The van der Waals surface area contributed by atoms with Crippen molar-refractivity contribution in [1.29, 1.82) is 0 Å². The van der Waals surface area contributed by atoms with Crippen molar-refractivity contribution in [3.63, 3.8) is 0 Å². The van der Waals surface area contributed by atoms with Crippen molar-refractivity contribution in [1.82, 2.24) is 29.7 Å². The number of fused-ring (bicyclic) bond motifs is 1. The molecule has 2 amide bonds. The maximum absolute atomic E-state index is 12.9. The van der Waals surface area contributed by atoms with Crippen LogP contribution in [0.4, 0.5) is 11.6 Å². The molecule has 0 radical (unpaired) electrons. The molecule has 3 heterocycles. The summed E-state index contributed by atoms with van der Waals surface area (Å²) in [6.45, 7) is 1.54. The van der Waals surface area contributed by atoms with Gasteiger partial charge in [-0.2, -0.15) is 0 Å². The van der Waals surface area contributed by atoms with Crippen LogP contribution >= 0.6 is 0 Å². The van der Waals surface area contributed by atoms with Gasteiger partial charge in [-0.1, -0.05) is 0 Å². The number of imidazole rings is 1. The highest BCUT2D eigenvalue weighted by Crippen LogP contribution is 2.28. The molecule has 2 aromatic carbocycles. The number of pyridine rings is 1. The van der Waals surface area contributed by atoms with Crippen LogP contribution in [0, 0.1) is 0 Å². The van der Waals surface area contributed by atoms with E-state index in [9.17, 15) is 9.59 Å². The molecule has 2 aromatic heterocycles. The lowest BCUT2D eigenvalue weighted by molar-refractivity contribution is 0.0783. The fourth-order valence-corrected chi connectivity index (χ4v) is 4.57. The third-order valence-corrected chi connectivity index (χ3v) is 6.85. The highest BCUT2D eigenvalue weighted by molar-refractivity contribution is 5.95. The molecular formula is C28H31N7O3. The highest BCUT2D eigenvalue weighted by Gasteiger charge is 2.28. The predicted octanol–water partition coefficient (Wildman–Crippen LogP) is 3.64. The molecule has 4 aromatic rings. The number of carbonyl (C=O) groups is 2. The van der Waals surface area contributed by atoms with Crippen molar-refractivity contribution >= 4 is 34.5 Å². The summed E-state index contributed by atoms with van der Waals surface area (Å²) in [5, 5.41) is 5.90. The second-order valence-corrected chi connectivity index (χ2v) is 9.56.